The van der Waals surface area contributed by atoms with Gasteiger partial charge in [-0.1, -0.05) is 103 Å². The Morgan fingerprint density at radius 1 is 0.299 bits per heavy atom. The number of methoxy groups -OCH3 is 8. The van der Waals surface area contributed by atoms with Crippen LogP contribution in [-0.4, -0.2) is 182 Å². The lowest BCUT2D eigenvalue weighted by molar-refractivity contribution is -0.114. The van der Waals surface area contributed by atoms with Gasteiger partial charge in [-0.05, 0) is 165 Å². The van der Waals surface area contributed by atoms with E-state index in [-0.39, 0.29) is 63.7 Å². The highest BCUT2D eigenvalue weighted by Crippen LogP contribution is 2.41. The van der Waals surface area contributed by atoms with E-state index in [1.165, 1.54) is 88.1 Å². The molecule has 0 radical (unpaired) electrons. The molecule has 692 valence electrons. The summed E-state index contributed by atoms with van der Waals surface area (Å²) in [5.74, 6) is 3.37. The fraction of sp³-hybridized carbons (Fsp3) is 0.127. The Balaban J connectivity index is 0.000000154. The minimum absolute atomic E-state index is 0.000777. The number of ether oxygens (including phenoxy) is 8. The first-order valence-electron chi connectivity index (χ1n) is 41.5. The zero-order valence-electron chi connectivity index (χ0n) is 76.0. The van der Waals surface area contributed by atoms with Gasteiger partial charge in [-0.3, -0.25) is 9.52 Å². The van der Waals surface area contributed by atoms with Gasteiger partial charge in [0, 0.05) is 81.4 Å². The maximum Gasteiger partial charge on any atom is 0.337 e. The van der Waals surface area contributed by atoms with Gasteiger partial charge in [0.1, 0.15) is 46.0 Å². The smallest absolute Gasteiger partial charge is 0.337 e. The van der Waals surface area contributed by atoms with Crippen LogP contribution in [0.25, 0.3) is 137 Å². The number of phenolic OH excluding ortho intramolecular Hbond substituents is 4. The SMILES string of the molecule is COC(=O)c1ccc(-c2nc(-c3ccc(OC)cc3O)nc(-c3c(C)cc(C)cc3C)n2)cc1.COC(=O)c1ccc(-c2nc(-c3ccc(OC)cc3O)nc(-c3ccccc3NC(C)=O)n2)cc1.COC(=O)c1ccc(-c2nc(-c3ccc(OC)cc3O)nc(-c3ccccc3NS(C)(=O)=O)n2)cc1.COC(=O)c1ccc(-c2nc(-c3ccccc3N)nc(-c3ccc(OC)cc3O)n2)cc1. The van der Waals surface area contributed by atoms with E-state index in [1.54, 1.807) is 200 Å². The number of nitrogens with zero attached hydrogens (tertiary/aromatic N) is 12. The molecule has 0 saturated heterocycles. The Labute approximate surface area is 786 Å². The maximum atomic E-state index is 11.9. The molecule has 0 aliphatic heterocycles. The average molecular weight is 1860 g/mol. The molecule has 0 spiro atoms. The molecule has 0 saturated carbocycles. The van der Waals surface area contributed by atoms with E-state index in [9.17, 15) is 52.8 Å². The molecule has 0 atom stereocenters. The Morgan fingerprint density at radius 2 is 0.547 bits per heavy atom. The van der Waals surface area contributed by atoms with Crippen molar-refractivity contribution in [2.24, 2.45) is 0 Å². The van der Waals surface area contributed by atoms with E-state index < -0.39 is 33.9 Å². The number of aromatic nitrogens is 12. The van der Waals surface area contributed by atoms with Crippen LogP contribution in [0.1, 0.15) is 65.0 Å². The zero-order chi connectivity index (χ0) is 97.9. The average Bonchev–Trinajstić information content (AvgIpc) is 0.764. The number of anilines is 3. The number of hydrogen-bond donors (Lipinski definition) is 7. The van der Waals surface area contributed by atoms with Crippen molar-refractivity contribution >= 4 is 56.9 Å². The number of para-hydroxylation sites is 3. The van der Waals surface area contributed by atoms with Gasteiger partial charge >= 0.3 is 23.9 Å². The van der Waals surface area contributed by atoms with E-state index in [1.807, 2.05) is 39.0 Å². The van der Waals surface area contributed by atoms with E-state index in [0.29, 0.717) is 159 Å². The van der Waals surface area contributed by atoms with Crippen LogP contribution in [0.15, 0.2) is 255 Å². The summed E-state index contributed by atoms with van der Waals surface area (Å²) in [5.41, 5.74) is 18.9. The van der Waals surface area contributed by atoms with E-state index in [2.05, 4.69) is 72.0 Å². The molecule has 0 bridgehead atoms. The number of nitrogens with two attached hydrogens (primary N) is 1. The summed E-state index contributed by atoms with van der Waals surface area (Å²) in [6.45, 7) is 7.51. The number of esters is 4. The van der Waals surface area contributed by atoms with Crippen molar-refractivity contribution in [1.29, 1.82) is 0 Å². The van der Waals surface area contributed by atoms with Crippen molar-refractivity contribution in [2.45, 2.75) is 27.7 Å². The summed E-state index contributed by atoms with van der Waals surface area (Å²) in [6.07, 6.45) is 1.05. The molecule has 137 heavy (non-hydrogen) atoms. The molecule has 0 aliphatic carbocycles. The number of benzene rings is 12. The number of nitrogens with one attached hydrogen (secondary N) is 2. The highest BCUT2D eigenvalue weighted by molar-refractivity contribution is 7.92. The third kappa shape index (κ3) is 23.5. The third-order valence-electron chi connectivity index (χ3n) is 20.6. The lowest BCUT2D eigenvalue weighted by Crippen LogP contribution is -2.11. The molecule has 0 aliphatic rings. The summed E-state index contributed by atoms with van der Waals surface area (Å²) < 4.78 is 66.1. The summed E-state index contributed by atoms with van der Waals surface area (Å²) in [6, 6.07) is 71.2. The first-order valence-corrected chi connectivity index (χ1v) is 43.4. The molecule has 16 aromatic rings. The lowest BCUT2D eigenvalue weighted by atomic mass is 9.99. The van der Waals surface area contributed by atoms with Gasteiger partial charge in [-0.15, -0.1) is 0 Å². The van der Waals surface area contributed by atoms with Gasteiger partial charge in [0.2, 0.25) is 15.9 Å². The molecule has 34 nitrogen and oxygen atoms in total. The highest BCUT2D eigenvalue weighted by atomic mass is 32.2. The molecule has 12 aromatic carbocycles. The standard InChI is InChI=1S/C27H25N3O4.C26H22N4O5.C25H22N4O6S.C24H20N4O4/c1-15-12-16(2)23(17(3)13-15)26-29-24(18-6-8-19(9-7-18)27(32)34-5)28-25(30-26)21-11-10-20(33-4)14-22(21)31;1-15(31)27-21-7-5-4-6-19(21)24-28-23(16-8-10-17(11-9-16)26(33)35-3)29-25(30-24)20-13-12-18(34-2)14-22(20)32;1-34-17-12-13-19(21(30)14-17)24-27-22(15-8-10-16(11-9-15)25(31)35-2)26-23(28-24)18-6-4-5-7-20(18)29-36(3,32)33;1-31-16-11-12-18(20(29)13-16)23-27-21(14-7-9-15(10-8-14)24(30)32-2)26-22(28-23)17-5-3-4-6-19(17)25/h6-14,31H,1-5H3;4-14,32H,1-3H3,(H,27,31);4-14,29-30H,1-3H3;3-13,29H,25H2,1-2H3. The second-order valence-electron chi connectivity index (χ2n) is 30.0. The minimum Gasteiger partial charge on any atom is -0.507 e. The number of rotatable bonds is 23. The number of aromatic hydroxyl groups is 4. The predicted molar refractivity (Wildman–Crippen MR) is 514 cm³/mol. The van der Waals surface area contributed by atoms with Crippen LogP contribution in [0.5, 0.6) is 46.0 Å². The molecular formula is C102H89N15O19S. The van der Waals surface area contributed by atoms with Gasteiger partial charge in [-0.2, -0.15) is 0 Å². The van der Waals surface area contributed by atoms with Crippen LogP contribution in [0.2, 0.25) is 0 Å². The van der Waals surface area contributed by atoms with Crippen molar-refractivity contribution in [2.75, 3.05) is 78.9 Å². The van der Waals surface area contributed by atoms with Crippen molar-refractivity contribution in [3.8, 4) is 183 Å². The first-order chi connectivity index (χ1) is 65.9. The van der Waals surface area contributed by atoms with Crippen LogP contribution in [0.4, 0.5) is 17.1 Å². The quantitative estimate of drug-likeness (QED) is 0.0178. The predicted octanol–water partition coefficient (Wildman–Crippen LogP) is 17.3. The Hall–Kier alpha value is -18.0. The Morgan fingerprint density at radius 3 is 0.825 bits per heavy atom. The van der Waals surface area contributed by atoms with Crippen LogP contribution in [-0.2, 0) is 33.8 Å². The van der Waals surface area contributed by atoms with Crippen molar-refractivity contribution in [1.82, 2.24) is 59.8 Å². The normalized spacial score (nSPS) is 10.7. The summed E-state index contributed by atoms with van der Waals surface area (Å²) in [5, 5.41) is 45.2. The number of carbonyl (C=O) groups is 5. The number of nitrogen functional groups attached to an aromatic ring is 1. The third-order valence-corrected chi connectivity index (χ3v) is 21.2. The maximum absolute atomic E-state index is 11.9. The Kier molecular flexibility index (Phi) is 30.5. The van der Waals surface area contributed by atoms with Crippen LogP contribution < -0.4 is 34.7 Å². The number of carbonyl (C=O) groups excluding carboxylic acids is 5. The molecular weight excluding hydrogens is 1770 g/mol. The lowest BCUT2D eigenvalue weighted by Gasteiger charge is -2.13. The Bertz CT molecular complexity index is 7320. The minimum atomic E-state index is -3.58. The number of amides is 1. The number of phenols is 4. The molecule has 16 rings (SSSR count). The largest absolute Gasteiger partial charge is 0.507 e. The van der Waals surface area contributed by atoms with Gasteiger partial charge in [0.25, 0.3) is 0 Å². The fourth-order valence-electron chi connectivity index (χ4n) is 14.0. The molecule has 0 fully saturated rings. The van der Waals surface area contributed by atoms with Gasteiger partial charge < -0.3 is 69.4 Å². The van der Waals surface area contributed by atoms with Crippen molar-refractivity contribution in [3.05, 3.63) is 294 Å². The van der Waals surface area contributed by atoms with Crippen molar-refractivity contribution in [3.63, 3.8) is 0 Å². The van der Waals surface area contributed by atoms with E-state index in [4.69, 9.17) is 53.6 Å². The van der Waals surface area contributed by atoms with E-state index in [0.717, 1.165) is 28.5 Å². The summed E-state index contributed by atoms with van der Waals surface area (Å²) >= 11 is 0. The zero-order valence-corrected chi connectivity index (χ0v) is 76.8. The summed E-state index contributed by atoms with van der Waals surface area (Å²) in [4.78, 5) is 114. The second kappa shape index (κ2) is 43.4. The monoisotopic (exact) mass is 1860 g/mol. The molecule has 4 heterocycles. The van der Waals surface area contributed by atoms with Crippen LogP contribution >= 0.6 is 0 Å². The van der Waals surface area contributed by atoms with Gasteiger partial charge in [0.15, 0.2) is 69.9 Å². The van der Waals surface area contributed by atoms with Crippen LogP contribution in [0.3, 0.4) is 0 Å². The first kappa shape index (κ1) is 96.5. The number of sulfonamides is 1. The molecule has 1 amide bonds. The molecule has 4 aromatic heterocycles. The second-order valence-corrected chi connectivity index (χ2v) is 31.8. The van der Waals surface area contributed by atoms with Crippen LogP contribution in [0, 0.1) is 20.8 Å². The number of hydrogen-bond acceptors (Lipinski definition) is 32. The fourth-order valence-corrected chi connectivity index (χ4v) is 14.5. The van der Waals surface area contributed by atoms with E-state index >= 15 is 0 Å². The molecule has 8 N–H and O–H groups in total. The number of aryl methyl sites for hydroxylation is 3. The van der Waals surface area contributed by atoms with Gasteiger partial charge in [0.05, 0.1) is 119 Å². The topological polar surface area (TPSA) is 479 Å². The van der Waals surface area contributed by atoms with Gasteiger partial charge in [-0.25, -0.2) is 87.4 Å². The van der Waals surface area contributed by atoms with Crippen molar-refractivity contribution < 1.29 is 90.7 Å². The molecule has 0 unspecified atom stereocenters. The highest BCUT2D eigenvalue weighted by Gasteiger charge is 2.25. The summed E-state index contributed by atoms with van der Waals surface area (Å²) in [7, 11) is 7.74. The molecule has 35 heteroatoms.